The largest absolute Gasteiger partial charge is 0.450 e. The first kappa shape index (κ1) is 16.9. The Hall–Kier alpha value is -2.23. The summed E-state index contributed by atoms with van der Waals surface area (Å²) in [5.41, 5.74) is 5.06. The van der Waals surface area contributed by atoms with Gasteiger partial charge in [0.25, 0.3) is 0 Å². The van der Waals surface area contributed by atoms with Crippen LogP contribution in [0.15, 0.2) is 30.7 Å². The van der Waals surface area contributed by atoms with Gasteiger partial charge in [0.05, 0.1) is 21.9 Å². The average Bonchev–Trinajstić information content (AvgIpc) is 3.19. The summed E-state index contributed by atoms with van der Waals surface area (Å²) < 4.78 is 8.29. The minimum atomic E-state index is -0.219. The Balaban J connectivity index is 1.63. The molecule has 5 rings (SSSR count). The third kappa shape index (κ3) is 2.53. The van der Waals surface area contributed by atoms with Gasteiger partial charge in [0.1, 0.15) is 5.69 Å². The first-order chi connectivity index (χ1) is 13.2. The van der Waals surface area contributed by atoms with Gasteiger partial charge in [0.2, 0.25) is 0 Å². The monoisotopic (exact) mass is 475 g/mol. The Morgan fingerprint density at radius 1 is 1.33 bits per heavy atom. The highest BCUT2D eigenvalue weighted by molar-refractivity contribution is 14.1. The molecule has 0 saturated carbocycles. The topological polar surface area (TPSA) is 72.6 Å². The molecule has 0 spiro atoms. The summed E-state index contributed by atoms with van der Waals surface area (Å²) in [4.78, 5) is 23.1. The van der Waals surface area contributed by atoms with E-state index in [1.807, 2.05) is 34.7 Å². The van der Waals surface area contributed by atoms with Gasteiger partial charge in [0.15, 0.2) is 5.65 Å². The number of ether oxygens (including phenoxy) is 1. The highest BCUT2D eigenvalue weighted by Gasteiger charge is 2.44. The zero-order valence-electron chi connectivity index (χ0n) is 14.8. The normalized spacial score (nSPS) is 20.7. The molecule has 2 atom stereocenters. The van der Waals surface area contributed by atoms with E-state index in [0.29, 0.717) is 6.61 Å². The van der Waals surface area contributed by atoms with Crippen LogP contribution in [-0.2, 0) is 11.2 Å². The van der Waals surface area contributed by atoms with Crippen molar-refractivity contribution < 1.29 is 9.53 Å². The number of carbonyl (C=O) groups is 1. The molecule has 2 unspecified atom stereocenters. The van der Waals surface area contributed by atoms with Crippen molar-refractivity contribution in [3.8, 4) is 11.3 Å². The number of hydrogen-bond donors (Lipinski definition) is 0. The summed E-state index contributed by atoms with van der Waals surface area (Å²) in [6.45, 7) is 2.24. The molecule has 8 heteroatoms. The molecular weight excluding hydrogens is 457 g/mol. The van der Waals surface area contributed by atoms with Crippen molar-refractivity contribution in [3.05, 3.63) is 45.6 Å². The molecule has 1 fully saturated rings. The second-order valence-corrected chi connectivity index (χ2v) is 7.93. The lowest BCUT2D eigenvalue weighted by Gasteiger charge is -2.35. The molecule has 138 valence electrons. The molecule has 1 amide bonds. The van der Waals surface area contributed by atoms with Crippen molar-refractivity contribution in [2.45, 2.75) is 38.3 Å². The molecule has 27 heavy (non-hydrogen) atoms. The van der Waals surface area contributed by atoms with Crippen LogP contribution in [0.5, 0.6) is 0 Å². The number of carbonyl (C=O) groups excluding carboxylic acids is 1. The Bertz CT molecular complexity index is 1040. The smallest absolute Gasteiger partial charge is 0.410 e. The van der Waals surface area contributed by atoms with E-state index in [0.717, 1.165) is 51.0 Å². The fraction of sp³-hybridized carbons (Fsp3) is 0.368. The molecule has 2 aliphatic heterocycles. The van der Waals surface area contributed by atoms with Gasteiger partial charge in [0, 0.05) is 42.2 Å². The minimum Gasteiger partial charge on any atom is -0.450 e. The van der Waals surface area contributed by atoms with Gasteiger partial charge in [-0.15, -0.1) is 0 Å². The maximum Gasteiger partial charge on any atom is 0.410 e. The molecule has 7 nitrogen and oxygen atoms in total. The highest BCUT2D eigenvalue weighted by Crippen LogP contribution is 2.44. The molecule has 0 aromatic carbocycles. The second kappa shape index (κ2) is 6.43. The first-order valence-corrected chi connectivity index (χ1v) is 10.2. The van der Waals surface area contributed by atoms with E-state index in [2.05, 4.69) is 27.6 Å². The van der Waals surface area contributed by atoms with E-state index < -0.39 is 0 Å². The average molecular weight is 475 g/mol. The molecule has 3 aromatic heterocycles. The van der Waals surface area contributed by atoms with E-state index in [9.17, 15) is 4.79 Å². The summed E-state index contributed by atoms with van der Waals surface area (Å²) >= 11 is 2.31. The molecular formula is C19H18IN5O2. The van der Waals surface area contributed by atoms with Crippen molar-refractivity contribution in [1.29, 1.82) is 0 Å². The Labute approximate surface area is 169 Å². The number of amides is 1. The third-order valence-corrected chi connectivity index (χ3v) is 6.44. The number of pyridine rings is 1. The van der Waals surface area contributed by atoms with Crippen LogP contribution in [0.4, 0.5) is 4.79 Å². The maximum atomic E-state index is 12.4. The lowest BCUT2D eigenvalue weighted by atomic mass is 10.00. The lowest BCUT2D eigenvalue weighted by molar-refractivity contribution is 0.0831. The van der Waals surface area contributed by atoms with Crippen molar-refractivity contribution in [2.24, 2.45) is 0 Å². The van der Waals surface area contributed by atoms with E-state index in [-0.39, 0.29) is 18.2 Å². The van der Waals surface area contributed by atoms with Crippen LogP contribution in [0.25, 0.3) is 16.9 Å². The molecule has 0 N–H and O–H groups in total. The summed E-state index contributed by atoms with van der Waals surface area (Å²) in [5.74, 6) is 0. The van der Waals surface area contributed by atoms with Crippen LogP contribution in [0.3, 0.4) is 0 Å². The third-order valence-electron chi connectivity index (χ3n) is 5.44. The number of hydrogen-bond acceptors (Lipinski definition) is 5. The summed E-state index contributed by atoms with van der Waals surface area (Å²) in [5, 5.41) is 4.88. The quantitative estimate of drug-likeness (QED) is 0.530. The van der Waals surface area contributed by atoms with E-state index >= 15 is 0 Å². The summed E-state index contributed by atoms with van der Waals surface area (Å²) in [6, 6.07) is 4.12. The van der Waals surface area contributed by atoms with Crippen LogP contribution < -0.4 is 0 Å². The molecule has 1 saturated heterocycles. The summed E-state index contributed by atoms with van der Waals surface area (Å²) in [7, 11) is 0. The number of nitrogens with zero attached hydrogens (tertiary/aromatic N) is 5. The standard InChI is InChI=1S/C19H18IN5O2/c1-2-27-19(26)24-12-3-4-14(24)13-10-22-18-16(20)17(11-5-7-21-8-6-11)23-25(18)15(13)9-12/h5-8,10,12,14H,2-4,9H2,1H3. The molecule has 3 aromatic rings. The van der Waals surface area contributed by atoms with Gasteiger partial charge < -0.3 is 4.74 Å². The minimum absolute atomic E-state index is 0.0286. The van der Waals surface area contributed by atoms with E-state index in [1.165, 1.54) is 0 Å². The van der Waals surface area contributed by atoms with Crippen LogP contribution in [0.2, 0.25) is 0 Å². The van der Waals surface area contributed by atoms with Crippen LogP contribution in [0, 0.1) is 3.57 Å². The van der Waals surface area contributed by atoms with Gasteiger partial charge >= 0.3 is 6.09 Å². The van der Waals surface area contributed by atoms with Gasteiger partial charge in [-0.1, -0.05) is 0 Å². The second-order valence-electron chi connectivity index (χ2n) is 6.85. The van der Waals surface area contributed by atoms with Crippen molar-refractivity contribution in [3.63, 3.8) is 0 Å². The van der Waals surface area contributed by atoms with Crippen LogP contribution in [0.1, 0.15) is 37.1 Å². The number of halogens is 1. The van der Waals surface area contributed by atoms with Crippen molar-refractivity contribution >= 4 is 34.3 Å². The molecule has 5 heterocycles. The van der Waals surface area contributed by atoms with Crippen LogP contribution in [-0.4, -0.2) is 43.2 Å². The molecule has 0 radical (unpaired) electrons. The van der Waals surface area contributed by atoms with Crippen LogP contribution >= 0.6 is 22.6 Å². The van der Waals surface area contributed by atoms with Crippen molar-refractivity contribution in [1.82, 2.24) is 24.5 Å². The fourth-order valence-electron chi connectivity index (χ4n) is 4.28. The number of fused-ring (bicyclic) bond motifs is 6. The first-order valence-electron chi connectivity index (χ1n) is 9.10. The van der Waals surface area contributed by atoms with Gasteiger partial charge in [-0.2, -0.15) is 5.10 Å². The fourth-order valence-corrected chi connectivity index (χ4v) is 5.07. The zero-order chi connectivity index (χ0) is 18.5. The van der Waals surface area contributed by atoms with Crippen molar-refractivity contribution in [2.75, 3.05) is 6.61 Å². The highest BCUT2D eigenvalue weighted by atomic mass is 127. The van der Waals surface area contributed by atoms with E-state index in [1.54, 1.807) is 12.4 Å². The summed E-state index contributed by atoms with van der Waals surface area (Å²) in [6.07, 6.45) is 7.95. The predicted molar refractivity (Wildman–Crippen MR) is 107 cm³/mol. The van der Waals surface area contributed by atoms with E-state index in [4.69, 9.17) is 14.8 Å². The molecule has 2 bridgehead atoms. The Kier molecular flexibility index (Phi) is 4.03. The zero-order valence-corrected chi connectivity index (χ0v) is 17.0. The SMILES string of the molecule is CCOC(=O)N1C2CCC1c1cnc3c(I)c(-c4ccncc4)nn3c1C2. The Morgan fingerprint density at radius 2 is 2.15 bits per heavy atom. The lowest BCUT2D eigenvalue weighted by Crippen LogP contribution is -2.43. The molecule has 0 aliphatic carbocycles. The maximum absolute atomic E-state index is 12.4. The van der Waals surface area contributed by atoms with Gasteiger partial charge in [-0.25, -0.2) is 14.3 Å². The Morgan fingerprint density at radius 3 is 2.93 bits per heavy atom. The molecule has 2 aliphatic rings. The predicted octanol–water partition coefficient (Wildman–Crippen LogP) is 3.61. The number of aromatic nitrogens is 4. The van der Waals surface area contributed by atoms with Gasteiger partial charge in [-0.3, -0.25) is 9.88 Å². The number of rotatable bonds is 2. The van der Waals surface area contributed by atoms with Gasteiger partial charge in [-0.05, 0) is 54.5 Å².